The Balaban J connectivity index is 1.76. The minimum atomic E-state index is -0.511. The van der Waals surface area contributed by atoms with Gasteiger partial charge >= 0.3 is 0 Å². The molecule has 27 heavy (non-hydrogen) atoms. The summed E-state index contributed by atoms with van der Waals surface area (Å²) in [6.45, 7) is 8.59. The van der Waals surface area contributed by atoms with Crippen molar-refractivity contribution in [2.75, 3.05) is 0 Å². The second-order valence-electron chi connectivity index (χ2n) is 7.68. The second kappa shape index (κ2) is 6.34. The van der Waals surface area contributed by atoms with Crippen LogP contribution < -0.4 is 9.47 Å². The fourth-order valence-corrected chi connectivity index (χ4v) is 3.60. The molecule has 138 valence electrons. The molecule has 0 saturated carbocycles. The smallest absolute Gasteiger partial charge is 0.132 e. The van der Waals surface area contributed by atoms with Gasteiger partial charge in [-0.1, -0.05) is 30.3 Å². The highest BCUT2D eigenvalue weighted by Crippen LogP contribution is 2.48. The standard InChI is InChI=1S/C24H24O3/c1-15-10-19-18-11-16(2)22(26-14-17-8-6-5-7-9-17)12-20(18)24(3,4)27-23(19)13-21(15)25/h5-13,25H,14H2,1-4H3. The number of aryl methyl sites for hydroxylation is 2. The predicted molar refractivity (Wildman–Crippen MR) is 107 cm³/mol. The van der Waals surface area contributed by atoms with Gasteiger partial charge in [0.05, 0.1) is 0 Å². The maximum atomic E-state index is 10.1. The number of phenolic OH excluding ortho intramolecular Hbond substituents is 1. The fraction of sp³-hybridized carbons (Fsp3) is 0.250. The molecule has 0 amide bonds. The zero-order chi connectivity index (χ0) is 19.2. The van der Waals surface area contributed by atoms with Gasteiger partial charge in [0.1, 0.15) is 29.5 Å². The molecule has 3 aromatic rings. The van der Waals surface area contributed by atoms with Crippen molar-refractivity contribution in [3.05, 3.63) is 76.9 Å². The molecule has 0 bridgehead atoms. The van der Waals surface area contributed by atoms with Crippen molar-refractivity contribution in [2.45, 2.75) is 39.9 Å². The van der Waals surface area contributed by atoms with E-state index < -0.39 is 5.60 Å². The molecule has 0 radical (unpaired) electrons. The minimum absolute atomic E-state index is 0.257. The van der Waals surface area contributed by atoms with Gasteiger partial charge in [-0.2, -0.15) is 0 Å². The SMILES string of the molecule is Cc1cc2c(cc1O)OC(C)(C)c1cc(OCc3ccccc3)c(C)cc1-2. The van der Waals surface area contributed by atoms with Gasteiger partial charge in [-0.3, -0.25) is 0 Å². The van der Waals surface area contributed by atoms with Crippen LogP contribution in [-0.4, -0.2) is 5.11 Å². The number of aromatic hydroxyl groups is 1. The minimum Gasteiger partial charge on any atom is -0.508 e. The number of phenols is 1. The first-order valence-corrected chi connectivity index (χ1v) is 9.20. The maximum absolute atomic E-state index is 10.1. The van der Waals surface area contributed by atoms with E-state index in [0.717, 1.165) is 39.1 Å². The summed E-state index contributed by atoms with van der Waals surface area (Å²) < 4.78 is 12.3. The van der Waals surface area contributed by atoms with Crippen LogP contribution in [0, 0.1) is 13.8 Å². The predicted octanol–water partition coefficient (Wildman–Crippen LogP) is 5.88. The van der Waals surface area contributed by atoms with E-state index in [-0.39, 0.29) is 5.75 Å². The van der Waals surface area contributed by atoms with E-state index in [9.17, 15) is 5.11 Å². The molecular formula is C24H24O3. The molecule has 0 aliphatic carbocycles. The zero-order valence-electron chi connectivity index (χ0n) is 16.2. The van der Waals surface area contributed by atoms with Gasteiger partial charge < -0.3 is 14.6 Å². The van der Waals surface area contributed by atoms with Crippen LogP contribution in [0.1, 0.15) is 36.1 Å². The molecule has 1 N–H and O–H groups in total. The summed E-state index contributed by atoms with van der Waals surface area (Å²) in [5, 5.41) is 10.1. The van der Waals surface area contributed by atoms with Crippen LogP contribution in [0.5, 0.6) is 17.2 Å². The van der Waals surface area contributed by atoms with Crippen LogP contribution in [0.15, 0.2) is 54.6 Å². The van der Waals surface area contributed by atoms with E-state index in [4.69, 9.17) is 9.47 Å². The molecule has 4 rings (SSSR count). The Bertz CT molecular complexity index is 1000. The lowest BCUT2D eigenvalue weighted by molar-refractivity contribution is 0.105. The van der Waals surface area contributed by atoms with Crippen molar-refractivity contribution in [1.29, 1.82) is 0 Å². The van der Waals surface area contributed by atoms with E-state index in [1.54, 1.807) is 6.07 Å². The summed E-state index contributed by atoms with van der Waals surface area (Å²) in [5.41, 5.74) is 5.79. The van der Waals surface area contributed by atoms with Crippen LogP contribution in [0.25, 0.3) is 11.1 Å². The van der Waals surface area contributed by atoms with Crippen LogP contribution in [0.2, 0.25) is 0 Å². The van der Waals surface area contributed by atoms with Crippen molar-refractivity contribution < 1.29 is 14.6 Å². The average Bonchev–Trinajstić information content (AvgIpc) is 2.63. The normalized spacial score (nSPS) is 14.1. The molecule has 0 spiro atoms. The van der Waals surface area contributed by atoms with Crippen LogP contribution >= 0.6 is 0 Å². The third-order valence-corrected chi connectivity index (χ3v) is 5.15. The van der Waals surface area contributed by atoms with Crippen LogP contribution in [0.3, 0.4) is 0 Å². The van der Waals surface area contributed by atoms with Gasteiger partial charge in [0, 0.05) is 17.2 Å². The molecule has 0 fully saturated rings. The molecule has 1 aliphatic rings. The van der Waals surface area contributed by atoms with Gasteiger partial charge in [0.25, 0.3) is 0 Å². The van der Waals surface area contributed by atoms with E-state index in [1.165, 1.54) is 0 Å². The van der Waals surface area contributed by atoms with E-state index >= 15 is 0 Å². The van der Waals surface area contributed by atoms with E-state index in [2.05, 4.69) is 31.2 Å². The van der Waals surface area contributed by atoms with Crippen molar-refractivity contribution >= 4 is 0 Å². The second-order valence-corrected chi connectivity index (χ2v) is 7.68. The molecule has 1 aliphatic heterocycles. The Morgan fingerprint density at radius 3 is 2.37 bits per heavy atom. The lowest BCUT2D eigenvalue weighted by Gasteiger charge is -2.36. The van der Waals surface area contributed by atoms with Gasteiger partial charge in [-0.15, -0.1) is 0 Å². The van der Waals surface area contributed by atoms with E-state index in [0.29, 0.717) is 12.4 Å². The third-order valence-electron chi connectivity index (χ3n) is 5.15. The molecular weight excluding hydrogens is 336 g/mol. The lowest BCUT2D eigenvalue weighted by Crippen LogP contribution is -2.29. The number of fused-ring (bicyclic) bond motifs is 3. The van der Waals surface area contributed by atoms with Crippen molar-refractivity contribution in [2.24, 2.45) is 0 Å². The number of hydrogen-bond donors (Lipinski definition) is 1. The van der Waals surface area contributed by atoms with Gasteiger partial charge in [0.15, 0.2) is 0 Å². The topological polar surface area (TPSA) is 38.7 Å². The van der Waals surface area contributed by atoms with Gasteiger partial charge in [-0.05, 0) is 68.1 Å². The highest BCUT2D eigenvalue weighted by Gasteiger charge is 2.34. The summed E-state index contributed by atoms with van der Waals surface area (Å²) >= 11 is 0. The molecule has 3 nitrogen and oxygen atoms in total. The Morgan fingerprint density at radius 2 is 1.63 bits per heavy atom. The molecule has 0 aromatic heterocycles. The largest absolute Gasteiger partial charge is 0.508 e. The van der Waals surface area contributed by atoms with Gasteiger partial charge in [-0.25, -0.2) is 0 Å². The molecule has 3 heteroatoms. The molecule has 3 aromatic carbocycles. The Morgan fingerprint density at radius 1 is 0.926 bits per heavy atom. The Labute approximate surface area is 160 Å². The highest BCUT2D eigenvalue weighted by atomic mass is 16.5. The highest BCUT2D eigenvalue weighted by molar-refractivity contribution is 5.79. The lowest BCUT2D eigenvalue weighted by atomic mass is 9.84. The third kappa shape index (κ3) is 3.14. The number of ether oxygens (including phenoxy) is 2. The summed E-state index contributed by atoms with van der Waals surface area (Å²) in [7, 11) is 0. The van der Waals surface area contributed by atoms with Gasteiger partial charge in [0.2, 0.25) is 0 Å². The monoisotopic (exact) mass is 360 g/mol. The molecule has 0 saturated heterocycles. The summed E-state index contributed by atoms with van der Waals surface area (Å²) in [6.07, 6.45) is 0. The van der Waals surface area contributed by atoms with E-state index in [1.807, 2.05) is 45.0 Å². The van der Waals surface area contributed by atoms with Crippen molar-refractivity contribution in [1.82, 2.24) is 0 Å². The summed E-state index contributed by atoms with van der Waals surface area (Å²) in [5.74, 6) is 1.84. The van der Waals surface area contributed by atoms with Crippen LogP contribution in [0.4, 0.5) is 0 Å². The summed E-state index contributed by atoms with van der Waals surface area (Å²) in [6, 6.07) is 18.1. The van der Waals surface area contributed by atoms with Crippen molar-refractivity contribution in [3.8, 4) is 28.4 Å². The number of hydrogen-bond acceptors (Lipinski definition) is 3. The first kappa shape index (κ1) is 17.5. The van der Waals surface area contributed by atoms with Crippen molar-refractivity contribution in [3.63, 3.8) is 0 Å². The number of benzene rings is 3. The molecule has 1 heterocycles. The first-order chi connectivity index (χ1) is 12.8. The first-order valence-electron chi connectivity index (χ1n) is 9.20. The number of rotatable bonds is 3. The Hall–Kier alpha value is -2.94. The average molecular weight is 360 g/mol. The maximum Gasteiger partial charge on any atom is 0.132 e. The fourth-order valence-electron chi connectivity index (χ4n) is 3.60. The zero-order valence-corrected chi connectivity index (χ0v) is 16.2. The molecule has 0 atom stereocenters. The Kier molecular flexibility index (Phi) is 4.11. The molecule has 0 unspecified atom stereocenters. The summed E-state index contributed by atoms with van der Waals surface area (Å²) in [4.78, 5) is 0. The quantitative estimate of drug-likeness (QED) is 0.633. The van der Waals surface area contributed by atoms with Crippen LogP contribution in [-0.2, 0) is 12.2 Å².